The zero-order valence-electron chi connectivity index (χ0n) is 22.7. The summed E-state index contributed by atoms with van der Waals surface area (Å²) in [6.45, 7) is 0.746. The average molecular weight is 581 g/mol. The van der Waals surface area contributed by atoms with Gasteiger partial charge in [0.1, 0.15) is 17.3 Å². The lowest BCUT2D eigenvalue weighted by molar-refractivity contribution is -0.0510. The number of hydrogen-bond acceptors (Lipinski definition) is 6. The minimum absolute atomic E-state index is 0.0419. The highest BCUT2D eigenvalue weighted by atomic mass is 19.3. The lowest BCUT2D eigenvalue weighted by atomic mass is 9.82. The van der Waals surface area contributed by atoms with E-state index in [0.29, 0.717) is 28.9 Å². The molecule has 222 valence electrons. The van der Waals surface area contributed by atoms with Crippen LogP contribution >= 0.6 is 0 Å². The summed E-state index contributed by atoms with van der Waals surface area (Å²) in [7, 11) is 1.41. The molecule has 3 aromatic rings. The summed E-state index contributed by atoms with van der Waals surface area (Å²) < 4.78 is 69.1. The van der Waals surface area contributed by atoms with Crippen molar-refractivity contribution < 1.29 is 36.3 Å². The van der Waals surface area contributed by atoms with Crippen molar-refractivity contribution in [1.82, 2.24) is 30.3 Å². The van der Waals surface area contributed by atoms with E-state index in [1.54, 1.807) is 24.3 Å². The largest absolute Gasteiger partial charge is 0.438 e. The van der Waals surface area contributed by atoms with Crippen molar-refractivity contribution in [1.29, 1.82) is 0 Å². The number of urea groups is 1. The number of aryl methyl sites for hydroxylation is 1. The quantitative estimate of drug-likeness (QED) is 0.355. The molecule has 0 spiro atoms. The first-order valence-corrected chi connectivity index (χ1v) is 13.5. The van der Waals surface area contributed by atoms with Crippen molar-refractivity contribution in [2.75, 3.05) is 26.8 Å². The summed E-state index contributed by atoms with van der Waals surface area (Å²) >= 11 is 0. The van der Waals surface area contributed by atoms with E-state index in [1.807, 2.05) is 6.92 Å². The van der Waals surface area contributed by atoms with Crippen LogP contribution in [0, 0.1) is 5.92 Å². The molecular weight excluding hydrogens is 548 g/mol. The maximum Gasteiger partial charge on any atom is 0.318 e. The van der Waals surface area contributed by atoms with E-state index in [1.165, 1.54) is 18.0 Å². The molecule has 0 unspecified atom stereocenters. The number of fused-ring (bicyclic) bond motifs is 1. The van der Waals surface area contributed by atoms with E-state index in [0.717, 1.165) is 4.90 Å². The molecule has 14 heteroatoms. The molecule has 3 heterocycles. The normalized spacial score (nSPS) is 20.5. The van der Waals surface area contributed by atoms with Crippen LogP contribution < -0.4 is 10.6 Å². The Hall–Kier alpha value is -3.68. The van der Waals surface area contributed by atoms with E-state index >= 15 is 0 Å². The van der Waals surface area contributed by atoms with Gasteiger partial charge in [0.05, 0.1) is 25.7 Å². The number of nitrogens with zero attached hydrogens (tertiary/aromatic N) is 4. The van der Waals surface area contributed by atoms with Crippen LogP contribution in [0.3, 0.4) is 0 Å². The number of alkyl halides is 4. The van der Waals surface area contributed by atoms with E-state index in [4.69, 9.17) is 9.15 Å². The SMILES string of the molecule is CCn1nccc1C(=O)N[C@H](c1nc2cc([C@@H](COC)N3CC(F)(F)CNC3=O)ccc2o1)C1CCC(F)(F)CC1. The molecule has 41 heavy (non-hydrogen) atoms. The number of aromatic nitrogens is 3. The molecule has 5 rings (SSSR count). The Morgan fingerprint density at radius 3 is 2.68 bits per heavy atom. The minimum Gasteiger partial charge on any atom is -0.438 e. The van der Waals surface area contributed by atoms with Gasteiger partial charge in [-0.1, -0.05) is 6.07 Å². The van der Waals surface area contributed by atoms with E-state index in [9.17, 15) is 27.2 Å². The third kappa shape index (κ3) is 6.16. The molecule has 0 bridgehead atoms. The Bertz CT molecular complexity index is 1400. The predicted molar refractivity (Wildman–Crippen MR) is 139 cm³/mol. The summed E-state index contributed by atoms with van der Waals surface area (Å²) in [5.74, 6) is -6.53. The van der Waals surface area contributed by atoms with Crippen molar-refractivity contribution in [3.05, 3.63) is 47.6 Å². The fourth-order valence-electron chi connectivity index (χ4n) is 5.53. The number of rotatable bonds is 9. The molecule has 1 saturated heterocycles. The second-order valence-corrected chi connectivity index (χ2v) is 10.6. The van der Waals surface area contributed by atoms with Crippen LogP contribution in [0.2, 0.25) is 0 Å². The van der Waals surface area contributed by atoms with Crippen molar-refractivity contribution in [3.8, 4) is 0 Å². The smallest absolute Gasteiger partial charge is 0.318 e. The highest BCUT2D eigenvalue weighted by molar-refractivity contribution is 5.92. The highest BCUT2D eigenvalue weighted by Gasteiger charge is 2.43. The Morgan fingerprint density at radius 2 is 1.98 bits per heavy atom. The van der Waals surface area contributed by atoms with Gasteiger partial charge in [0.25, 0.3) is 11.8 Å². The Morgan fingerprint density at radius 1 is 1.22 bits per heavy atom. The highest BCUT2D eigenvalue weighted by Crippen LogP contribution is 2.42. The van der Waals surface area contributed by atoms with Gasteiger partial charge in [-0.2, -0.15) is 5.10 Å². The molecule has 1 aliphatic carbocycles. The fourth-order valence-corrected chi connectivity index (χ4v) is 5.53. The summed E-state index contributed by atoms with van der Waals surface area (Å²) in [5.41, 5.74) is 1.53. The number of halogens is 4. The van der Waals surface area contributed by atoms with Crippen LogP contribution in [0.15, 0.2) is 34.9 Å². The molecule has 0 radical (unpaired) electrons. The van der Waals surface area contributed by atoms with Gasteiger partial charge < -0.3 is 24.7 Å². The first kappa shape index (κ1) is 28.8. The number of carbonyl (C=O) groups is 2. The van der Waals surface area contributed by atoms with Gasteiger partial charge in [0, 0.05) is 32.7 Å². The summed E-state index contributed by atoms with van der Waals surface area (Å²) in [4.78, 5) is 31.3. The maximum atomic E-state index is 14.2. The molecule has 2 fully saturated rings. The monoisotopic (exact) mass is 580 g/mol. The van der Waals surface area contributed by atoms with Crippen LogP contribution in [-0.4, -0.2) is 70.3 Å². The topological polar surface area (TPSA) is 115 Å². The van der Waals surface area contributed by atoms with Gasteiger partial charge in [-0.3, -0.25) is 9.48 Å². The van der Waals surface area contributed by atoms with Gasteiger partial charge >= 0.3 is 6.03 Å². The number of methoxy groups -OCH3 is 1. The van der Waals surface area contributed by atoms with E-state index < -0.39 is 49.0 Å². The zero-order chi connectivity index (χ0) is 29.4. The van der Waals surface area contributed by atoms with Crippen molar-refractivity contribution in [2.45, 2.75) is 63.1 Å². The minimum atomic E-state index is -3.11. The fraction of sp³-hybridized carbons (Fsp3) is 0.556. The van der Waals surface area contributed by atoms with Gasteiger partial charge in [-0.05, 0) is 49.4 Å². The van der Waals surface area contributed by atoms with Crippen molar-refractivity contribution in [2.24, 2.45) is 5.92 Å². The molecule has 2 aromatic heterocycles. The van der Waals surface area contributed by atoms with E-state index in [-0.39, 0.29) is 44.1 Å². The average Bonchev–Trinajstić information content (AvgIpc) is 3.59. The van der Waals surface area contributed by atoms with Gasteiger partial charge in [-0.25, -0.2) is 27.3 Å². The number of hydrogen-bond donors (Lipinski definition) is 2. The number of benzene rings is 1. The predicted octanol–water partition coefficient (Wildman–Crippen LogP) is 4.69. The summed E-state index contributed by atoms with van der Waals surface area (Å²) in [6.07, 6.45) is 1.18. The number of oxazole rings is 1. The molecule has 2 atom stereocenters. The number of amides is 3. The van der Waals surface area contributed by atoms with Crippen LogP contribution in [-0.2, 0) is 11.3 Å². The third-order valence-corrected chi connectivity index (χ3v) is 7.71. The van der Waals surface area contributed by atoms with Gasteiger partial charge in [0.15, 0.2) is 5.58 Å². The third-order valence-electron chi connectivity index (χ3n) is 7.71. The number of ether oxygens (including phenoxy) is 1. The van der Waals surface area contributed by atoms with Crippen LogP contribution in [0.25, 0.3) is 11.1 Å². The molecule has 2 aliphatic rings. The van der Waals surface area contributed by atoms with Crippen molar-refractivity contribution in [3.63, 3.8) is 0 Å². The van der Waals surface area contributed by atoms with E-state index in [2.05, 4.69) is 20.7 Å². The molecule has 1 saturated carbocycles. The Labute approximate surface area is 233 Å². The number of carbonyl (C=O) groups excluding carboxylic acids is 2. The zero-order valence-corrected chi connectivity index (χ0v) is 22.7. The van der Waals surface area contributed by atoms with Gasteiger partial charge in [0.2, 0.25) is 11.8 Å². The molecule has 1 aliphatic heterocycles. The lowest BCUT2D eigenvalue weighted by Gasteiger charge is -2.38. The second kappa shape index (κ2) is 11.3. The molecular formula is C27H32F4N6O4. The molecule has 2 N–H and O–H groups in total. The summed E-state index contributed by atoms with van der Waals surface area (Å²) in [6, 6.07) is 4.16. The maximum absolute atomic E-state index is 14.2. The van der Waals surface area contributed by atoms with Gasteiger partial charge in [-0.15, -0.1) is 0 Å². The Balaban J connectivity index is 1.47. The summed E-state index contributed by atoms with van der Waals surface area (Å²) in [5, 5.41) is 9.27. The standard InChI is InChI=1S/C27H32F4N6O4/c1-3-37-19(8-11-33-37)23(38)35-22(16-6-9-26(28,29)10-7-16)24-34-18-12-17(4-5-21(18)41-24)20(13-40-2)36-15-27(30,31)14-32-25(36)39/h4-5,8,11-12,16,20,22H,3,6-7,9-10,13-15H2,1-2H3,(H,32,39)(H,35,38)/t20-,22+/m1/s1. The Kier molecular flexibility index (Phi) is 7.95. The lowest BCUT2D eigenvalue weighted by Crippen LogP contribution is -2.58. The number of nitrogens with one attached hydrogen (secondary N) is 2. The van der Waals surface area contributed by atoms with Crippen molar-refractivity contribution >= 4 is 23.0 Å². The molecule has 1 aromatic carbocycles. The van der Waals surface area contributed by atoms with Crippen LogP contribution in [0.1, 0.15) is 66.6 Å². The van der Waals surface area contributed by atoms with Crippen LogP contribution in [0.4, 0.5) is 22.4 Å². The second-order valence-electron chi connectivity index (χ2n) is 10.6. The molecule has 10 nitrogen and oxygen atoms in total. The first-order chi connectivity index (χ1) is 19.5. The molecule has 3 amide bonds. The van der Waals surface area contributed by atoms with Crippen LogP contribution in [0.5, 0.6) is 0 Å². The first-order valence-electron chi connectivity index (χ1n) is 13.5.